The quantitative estimate of drug-likeness (QED) is 0.243. The number of thioether (sulfide) groups is 1. The van der Waals surface area contributed by atoms with E-state index in [4.69, 9.17) is 38.3 Å². The van der Waals surface area contributed by atoms with Crippen molar-refractivity contribution in [3.63, 3.8) is 0 Å². The van der Waals surface area contributed by atoms with Gasteiger partial charge in [0.25, 0.3) is 0 Å². The van der Waals surface area contributed by atoms with Crippen LogP contribution in [0.1, 0.15) is 29.9 Å². The van der Waals surface area contributed by atoms with E-state index in [-0.39, 0.29) is 30.9 Å². The van der Waals surface area contributed by atoms with E-state index in [1.54, 1.807) is 14.2 Å². The Bertz CT molecular complexity index is 894. The Kier molecular flexibility index (Phi) is 12.1. The number of hydrogen-bond acceptors (Lipinski definition) is 9. The Balaban J connectivity index is 1.79. The average molecular weight is 523 g/mol. The number of methoxy groups -OCH3 is 2. The van der Waals surface area contributed by atoms with Crippen molar-refractivity contribution in [2.24, 2.45) is 0 Å². The second-order valence-corrected chi connectivity index (χ2v) is 9.49. The number of hydrogen-bond donors (Lipinski definition) is 1. The van der Waals surface area contributed by atoms with Crippen LogP contribution in [0.25, 0.3) is 0 Å². The van der Waals surface area contributed by atoms with E-state index in [0.717, 1.165) is 35.7 Å². The molecule has 2 aromatic carbocycles. The molecule has 1 aliphatic rings. The van der Waals surface area contributed by atoms with Gasteiger partial charge in [-0.15, -0.1) is 11.8 Å². The third-order valence-corrected chi connectivity index (χ3v) is 7.52. The highest BCUT2D eigenvalue weighted by Gasteiger charge is 2.45. The molecule has 2 atom stereocenters. The minimum absolute atomic E-state index is 0.0254. The summed E-state index contributed by atoms with van der Waals surface area (Å²) in [5.74, 6) is 2.53. The minimum atomic E-state index is -0.272. The van der Waals surface area contributed by atoms with E-state index in [1.807, 2.05) is 36.0 Å². The summed E-state index contributed by atoms with van der Waals surface area (Å²) >= 11 is 1.81. The Morgan fingerprint density at radius 3 is 2.25 bits per heavy atom. The van der Waals surface area contributed by atoms with Gasteiger partial charge in [0.1, 0.15) is 23.9 Å². The van der Waals surface area contributed by atoms with Crippen LogP contribution in [0.15, 0.2) is 42.5 Å². The first kappa shape index (κ1) is 28.6. The summed E-state index contributed by atoms with van der Waals surface area (Å²) in [4.78, 5) is 0. The maximum atomic E-state index is 8.81. The Hall–Kier alpha value is -2.01. The molecule has 1 N–H and O–H groups in total. The van der Waals surface area contributed by atoms with E-state index in [0.29, 0.717) is 33.0 Å². The summed E-state index contributed by atoms with van der Waals surface area (Å²) in [6, 6.07) is 14.2. The summed E-state index contributed by atoms with van der Waals surface area (Å²) in [5, 5.41) is 8.81. The molecular formula is C27H38O8S. The van der Waals surface area contributed by atoms with Crippen molar-refractivity contribution in [3.05, 3.63) is 53.6 Å². The summed E-state index contributed by atoms with van der Waals surface area (Å²) in [7, 11) is 3.21. The largest absolute Gasteiger partial charge is 0.491 e. The van der Waals surface area contributed by atoms with Crippen LogP contribution < -0.4 is 14.2 Å². The highest BCUT2D eigenvalue weighted by Crippen LogP contribution is 2.54. The molecule has 0 spiro atoms. The van der Waals surface area contributed by atoms with Gasteiger partial charge in [-0.1, -0.05) is 18.2 Å². The van der Waals surface area contributed by atoms with Crippen molar-refractivity contribution in [1.82, 2.24) is 0 Å². The number of ether oxygens (including phenoxy) is 7. The first-order valence-electron chi connectivity index (χ1n) is 12.1. The molecule has 0 bridgehead atoms. The van der Waals surface area contributed by atoms with Gasteiger partial charge in [-0.2, -0.15) is 0 Å². The molecule has 0 aromatic heterocycles. The highest BCUT2D eigenvalue weighted by atomic mass is 32.2. The van der Waals surface area contributed by atoms with Crippen LogP contribution in [-0.4, -0.2) is 78.8 Å². The standard InChI is InChI=1S/C27H38O8S/c1-29-19-34-22-8-6-21(7-9-22)27(36-3)18-33-26-17-23(35-20-30-2)10-11-24(26)25(27)5-4-13-31-15-16-32-14-12-28/h6-11,17,25,28H,4-5,12-16,18-20H2,1-3H3. The van der Waals surface area contributed by atoms with Gasteiger partial charge < -0.3 is 38.3 Å². The van der Waals surface area contributed by atoms with Crippen molar-refractivity contribution >= 4 is 11.8 Å². The number of aliphatic hydroxyl groups excluding tert-OH is 1. The van der Waals surface area contributed by atoms with Crippen molar-refractivity contribution in [3.8, 4) is 17.2 Å². The molecule has 200 valence electrons. The van der Waals surface area contributed by atoms with Crippen LogP contribution in [0.5, 0.6) is 17.2 Å². The summed E-state index contributed by atoms with van der Waals surface area (Å²) in [5.41, 5.74) is 2.35. The van der Waals surface area contributed by atoms with Crippen LogP contribution in [0.3, 0.4) is 0 Å². The molecule has 0 fully saturated rings. The highest BCUT2D eigenvalue weighted by molar-refractivity contribution is 7.99. The molecule has 0 saturated heterocycles. The monoisotopic (exact) mass is 522 g/mol. The van der Waals surface area contributed by atoms with Crippen LogP contribution in [-0.2, 0) is 23.7 Å². The lowest BCUT2D eigenvalue weighted by atomic mass is 9.76. The minimum Gasteiger partial charge on any atom is -0.491 e. The van der Waals surface area contributed by atoms with Crippen molar-refractivity contribution in [1.29, 1.82) is 0 Å². The molecule has 3 rings (SSSR count). The van der Waals surface area contributed by atoms with Gasteiger partial charge in [-0.3, -0.25) is 0 Å². The predicted molar refractivity (Wildman–Crippen MR) is 139 cm³/mol. The summed E-state index contributed by atoms with van der Waals surface area (Å²) in [6.45, 7) is 2.93. The maximum absolute atomic E-state index is 8.81. The second kappa shape index (κ2) is 15.3. The zero-order valence-electron chi connectivity index (χ0n) is 21.4. The fraction of sp³-hybridized carbons (Fsp3) is 0.556. The number of aliphatic hydroxyl groups is 1. The Labute approximate surface area is 218 Å². The van der Waals surface area contributed by atoms with Crippen molar-refractivity contribution in [2.45, 2.75) is 23.5 Å². The zero-order valence-corrected chi connectivity index (χ0v) is 22.2. The maximum Gasteiger partial charge on any atom is 0.188 e. The van der Waals surface area contributed by atoms with Gasteiger partial charge in [-0.05, 0) is 48.4 Å². The van der Waals surface area contributed by atoms with Crippen LogP contribution in [0.2, 0.25) is 0 Å². The van der Waals surface area contributed by atoms with Crippen molar-refractivity contribution in [2.75, 3.05) is 73.7 Å². The predicted octanol–water partition coefficient (Wildman–Crippen LogP) is 4.19. The molecule has 0 radical (unpaired) electrons. The molecule has 1 heterocycles. The van der Waals surface area contributed by atoms with Crippen LogP contribution >= 0.6 is 11.8 Å². The molecule has 2 aromatic rings. The molecule has 0 amide bonds. The lowest BCUT2D eigenvalue weighted by Gasteiger charge is -2.44. The summed E-state index contributed by atoms with van der Waals surface area (Å²) < 4.78 is 38.4. The molecule has 1 aliphatic heterocycles. The number of benzene rings is 2. The van der Waals surface area contributed by atoms with E-state index in [2.05, 4.69) is 24.5 Å². The summed E-state index contributed by atoms with van der Waals surface area (Å²) in [6.07, 6.45) is 3.96. The molecule has 36 heavy (non-hydrogen) atoms. The van der Waals surface area contributed by atoms with Gasteiger partial charge in [0.15, 0.2) is 13.6 Å². The molecular weight excluding hydrogens is 484 g/mol. The van der Waals surface area contributed by atoms with Gasteiger partial charge in [0, 0.05) is 32.8 Å². The number of rotatable bonds is 17. The first-order valence-corrected chi connectivity index (χ1v) is 13.3. The van der Waals surface area contributed by atoms with E-state index in [1.165, 1.54) is 5.56 Å². The fourth-order valence-corrected chi connectivity index (χ4v) is 5.49. The third kappa shape index (κ3) is 7.50. The molecule has 0 aliphatic carbocycles. The van der Waals surface area contributed by atoms with Gasteiger partial charge in [0.2, 0.25) is 0 Å². The van der Waals surface area contributed by atoms with Gasteiger partial charge >= 0.3 is 0 Å². The fourth-order valence-electron chi connectivity index (χ4n) is 4.41. The third-order valence-electron chi connectivity index (χ3n) is 6.15. The topological polar surface area (TPSA) is 84.8 Å². The lowest BCUT2D eigenvalue weighted by Crippen LogP contribution is -2.40. The zero-order chi connectivity index (χ0) is 25.6. The molecule has 0 saturated carbocycles. The van der Waals surface area contributed by atoms with E-state index in [9.17, 15) is 0 Å². The normalized spacial score (nSPS) is 18.9. The SMILES string of the molecule is COCOc1ccc(C2(SC)COc3cc(OCOC)ccc3C2CCCOCCOCCO)cc1. The number of fused-ring (bicyclic) bond motifs is 1. The van der Waals surface area contributed by atoms with E-state index < -0.39 is 0 Å². The van der Waals surface area contributed by atoms with Crippen LogP contribution in [0.4, 0.5) is 0 Å². The second-order valence-electron chi connectivity index (χ2n) is 8.35. The smallest absolute Gasteiger partial charge is 0.188 e. The molecule has 9 heteroatoms. The molecule has 2 unspecified atom stereocenters. The Morgan fingerprint density at radius 2 is 1.58 bits per heavy atom. The van der Waals surface area contributed by atoms with Crippen LogP contribution in [0, 0.1) is 0 Å². The average Bonchev–Trinajstić information content (AvgIpc) is 2.92. The van der Waals surface area contributed by atoms with Crippen molar-refractivity contribution < 1.29 is 38.3 Å². The van der Waals surface area contributed by atoms with E-state index >= 15 is 0 Å². The molecule has 8 nitrogen and oxygen atoms in total. The van der Waals surface area contributed by atoms with Gasteiger partial charge in [-0.25, -0.2) is 0 Å². The first-order chi connectivity index (χ1) is 17.7. The Morgan fingerprint density at radius 1 is 0.917 bits per heavy atom. The van der Waals surface area contributed by atoms with Gasteiger partial charge in [0.05, 0.1) is 31.2 Å². The lowest BCUT2D eigenvalue weighted by molar-refractivity contribution is 0.0313.